The maximum absolute atomic E-state index is 11.2. The molecule has 0 saturated carbocycles. The number of aromatic nitrogens is 1. The first-order valence-corrected chi connectivity index (χ1v) is 8.20. The van der Waals surface area contributed by atoms with Crippen molar-refractivity contribution in [1.82, 2.24) is 4.98 Å². The maximum Gasteiger partial charge on any atom is 0.221 e. The number of amides is 1. The lowest BCUT2D eigenvalue weighted by Gasteiger charge is -2.15. The summed E-state index contributed by atoms with van der Waals surface area (Å²) in [5.74, 6) is -0.246. The molecule has 0 aliphatic heterocycles. The van der Waals surface area contributed by atoms with Gasteiger partial charge in [0.1, 0.15) is 17.3 Å². The minimum atomic E-state index is -0.344. The van der Waals surface area contributed by atoms with Crippen LogP contribution in [0.1, 0.15) is 12.5 Å². The molecule has 7 heteroatoms. The minimum Gasteiger partial charge on any atom is -0.507 e. The van der Waals surface area contributed by atoms with Crippen LogP contribution < -0.4 is 11.1 Å². The Labute approximate surface area is 155 Å². The zero-order valence-electron chi connectivity index (χ0n) is 14.6. The van der Waals surface area contributed by atoms with Gasteiger partial charge in [-0.3, -0.25) is 4.79 Å². The highest BCUT2D eigenvalue weighted by Gasteiger charge is 2.16. The third-order valence-corrected chi connectivity index (χ3v) is 4.11. The van der Waals surface area contributed by atoms with Crippen LogP contribution in [-0.2, 0) is 11.4 Å². The van der Waals surface area contributed by atoms with Crippen molar-refractivity contribution in [2.45, 2.75) is 13.5 Å². The van der Waals surface area contributed by atoms with E-state index >= 15 is 0 Å². The molecular formula is C20H19N3O4. The van der Waals surface area contributed by atoms with Gasteiger partial charge >= 0.3 is 0 Å². The van der Waals surface area contributed by atoms with Crippen LogP contribution in [0, 0.1) is 0 Å². The second kappa shape index (κ2) is 7.35. The van der Waals surface area contributed by atoms with Crippen LogP contribution in [0.2, 0.25) is 0 Å². The Bertz CT molecular complexity index is 1020. The number of nitrogens with one attached hydrogen (secondary N) is 1. The highest BCUT2D eigenvalue weighted by Crippen LogP contribution is 2.37. The summed E-state index contributed by atoms with van der Waals surface area (Å²) in [4.78, 5) is 15.5. The highest BCUT2D eigenvalue weighted by atomic mass is 16.3. The summed E-state index contributed by atoms with van der Waals surface area (Å²) >= 11 is 0. The largest absolute Gasteiger partial charge is 0.507 e. The smallest absolute Gasteiger partial charge is 0.221 e. The van der Waals surface area contributed by atoms with E-state index in [1.165, 1.54) is 13.0 Å². The SMILES string of the molecule is CC(=O)Nc1ccc(-c2cc(-c3ccccc3O)nc(N)c2CO)cc1O. The van der Waals surface area contributed by atoms with Crippen molar-refractivity contribution in [2.24, 2.45) is 0 Å². The highest BCUT2D eigenvalue weighted by molar-refractivity contribution is 5.91. The molecule has 2 aromatic carbocycles. The summed E-state index contributed by atoms with van der Waals surface area (Å²) < 4.78 is 0. The lowest BCUT2D eigenvalue weighted by Crippen LogP contribution is -2.06. The lowest BCUT2D eigenvalue weighted by molar-refractivity contribution is -0.114. The molecule has 0 unspecified atom stereocenters. The molecule has 0 radical (unpaired) electrons. The van der Waals surface area contributed by atoms with Crippen LogP contribution in [0.15, 0.2) is 48.5 Å². The van der Waals surface area contributed by atoms with Gasteiger partial charge in [-0.05, 0) is 41.5 Å². The Kier molecular flexibility index (Phi) is 4.96. The maximum atomic E-state index is 11.2. The number of benzene rings is 2. The van der Waals surface area contributed by atoms with E-state index in [0.29, 0.717) is 27.9 Å². The second-order valence-corrected chi connectivity index (χ2v) is 6.01. The molecule has 7 nitrogen and oxygen atoms in total. The predicted molar refractivity (Wildman–Crippen MR) is 103 cm³/mol. The third kappa shape index (κ3) is 3.68. The number of para-hydroxylation sites is 1. The van der Waals surface area contributed by atoms with E-state index in [4.69, 9.17) is 5.73 Å². The van der Waals surface area contributed by atoms with Crippen LogP contribution >= 0.6 is 0 Å². The Morgan fingerprint density at radius 1 is 1.07 bits per heavy atom. The molecule has 6 N–H and O–H groups in total. The number of nitrogens with zero attached hydrogens (tertiary/aromatic N) is 1. The predicted octanol–water partition coefficient (Wildman–Crippen LogP) is 2.86. The molecule has 1 aromatic heterocycles. The molecule has 0 aliphatic carbocycles. The number of phenols is 2. The lowest BCUT2D eigenvalue weighted by atomic mass is 9.97. The molecule has 0 bridgehead atoms. The molecule has 138 valence electrons. The molecule has 27 heavy (non-hydrogen) atoms. The number of hydrogen-bond donors (Lipinski definition) is 5. The van der Waals surface area contributed by atoms with Crippen molar-refractivity contribution in [2.75, 3.05) is 11.1 Å². The van der Waals surface area contributed by atoms with E-state index in [0.717, 1.165) is 0 Å². The molecule has 3 aromatic rings. The first-order chi connectivity index (χ1) is 12.9. The monoisotopic (exact) mass is 365 g/mol. The molecule has 3 rings (SSSR count). The topological polar surface area (TPSA) is 129 Å². The van der Waals surface area contributed by atoms with Crippen LogP contribution in [0.3, 0.4) is 0 Å². The van der Waals surface area contributed by atoms with Gasteiger partial charge in [0.05, 0.1) is 18.0 Å². The van der Waals surface area contributed by atoms with Crippen molar-refractivity contribution in [3.8, 4) is 33.9 Å². The van der Waals surface area contributed by atoms with Gasteiger partial charge in [0.25, 0.3) is 0 Å². The van der Waals surface area contributed by atoms with E-state index in [1.807, 2.05) is 0 Å². The normalized spacial score (nSPS) is 10.6. The number of phenolic OH excluding ortho intramolecular Hbond substituents is 2. The van der Waals surface area contributed by atoms with Crippen molar-refractivity contribution < 1.29 is 20.1 Å². The molecule has 0 aliphatic rings. The summed E-state index contributed by atoms with van der Waals surface area (Å²) in [6.45, 7) is 1.00. The van der Waals surface area contributed by atoms with Gasteiger partial charge in [-0.1, -0.05) is 18.2 Å². The number of pyridine rings is 1. The quantitative estimate of drug-likeness (QED) is 0.452. The van der Waals surface area contributed by atoms with Crippen LogP contribution in [-0.4, -0.2) is 26.2 Å². The van der Waals surface area contributed by atoms with E-state index in [1.54, 1.807) is 42.5 Å². The molecule has 0 atom stereocenters. The van der Waals surface area contributed by atoms with E-state index in [-0.39, 0.29) is 35.5 Å². The zero-order valence-corrected chi connectivity index (χ0v) is 14.6. The fraction of sp³-hybridized carbons (Fsp3) is 0.100. The number of hydrogen-bond acceptors (Lipinski definition) is 6. The number of aliphatic hydroxyl groups excluding tert-OH is 1. The van der Waals surface area contributed by atoms with E-state index < -0.39 is 0 Å². The molecule has 0 saturated heterocycles. The number of nitrogens with two attached hydrogens (primary N) is 1. The van der Waals surface area contributed by atoms with Gasteiger partial charge < -0.3 is 26.4 Å². The Morgan fingerprint density at radius 2 is 1.81 bits per heavy atom. The van der Waals surface area contributed by atoms with Crippen LogP contribution in [0.4, 0.5) is 11.5 Å². The Balaban J connectivity index is 2.16. The van der Waals surface area contributed by atoms with Crippen LogP contribution in [0.25, 0.3) is 22.4 Å². The van der Waals surface area contributed by atoms with Crippen LogP contribution in [0.5, 0.6) is 11.5 Å². The van der Waals surface area contributed by atoms with Crippen molar-refractivity contribution in [3.05, 3.63) is 54.1 Å². The molecule has 0 fully saturated rings. The van der Waals surface area contributed by atoms with Crippen molar-refractivity contribution in [3.63, 3.8) is 0 Å². The summed E-state index contributed by atoms with van der Waals surface area (Å²) in [7, 11) is 0. The second-order valence-electron chi connectivity index (χ2n) is 6.01. The fourth-order valence-electron chi connectivity index (χ4n) is 2.84. The number of rotatable bonds is 4. The first-order valence-electron chi connectivity index (χ1n) is 8.20. The third-order valence-electron chi connectivity index (χ3n) is 4.11. The van der Waals surface area contributed by atoms with Gasteiger partial charge in [0.15, 0.2) is 0 Å². The molecule has 0 spiro atoms. The minimum absolute atomic E-state index is 0.0518. The van der Waals surface area contributed by atoms with Gasteiger partial charge in [-0.25, -0.2) is 4.98 Å². The standard InChI is InChI=1S/C20H19N3O4/c1-11(25)22-16-7-6-12(8-19(16)27)14-9-17(23-20(21)15(14)10-24)13-4-2-3-5-18(13)26/h2-9,24,26-27H,10H2,1H3,(H2,21,23)(H,22,25). The number of carbonyl (C=O) groups is 1. The first kappa shape index (κ1) is 18.2. The van der Waals surface area contributed by atoms with E-state index in [2.05, 4.69) is 10.3 Å². The average Bonchev–Trinajstić information content (AvgIpc) is 2.63. The van der Waals surface area contributed by atoms with Gasteiger partial charge in [-0.2, -0.15) is 0 Å². The molecular weight excluding hydrogens is 346 g/mol. The average molecular weight is 365 g/mol. The van der Waals surface area contributed by atoms with Gasteiger partial charge in [0, 0.05) is 18.1 Å². The Morgan fingerprint density at radius 3 is 2.44 bits per heavy atom. The van der Waals surface area contributed by atoms with Crippen molar-refractivity contribution in [1.29, 1.82) is 0 Å². The summed E-state index contributed by atoms with van der Waals surface area (Å²) in [5.41, 5.74) is 8.77. The van der Waals surface area contributed by atoms with Gasteiger partial charge in [-0.15, -0.1) is 0 Å². The zero-order chi connectivity index (χ0) is 19.6. The summed E-state index contributed by atoms with van der Waals surface area (Å²) in [6, 6.07) is 13.1. The molecule has 1 amide bonds. The van der Waals surface area contributed by atoms with E-state index in [9.17, 15) is 20.1 Å². The number of aliphatic hydroxyl groups is 1. The number of carbonyl (C=O) groups excluding carboxylic acids is 1. The number of nitrogen functional groups attached to an aromatic ring is 1. The molecule has 1 heterocycles. The fourth-order valence-corrected chi connectivity index (χ4v) is 2.84. The number of anilines is 2. The summed E-state index contributed by atoms with van der Waals surface area (Å²) in [6.07, 6.45) is 0. The Hall–Kier alpha value is -3.58. The number of aromatic hydroxyl groups is 2. The summed E-state index contributed by atoms with van der Waals surface area (Å²) in [5, 5.41) is 32.6. The van der Waals surface area contributed by atoms with Crippen molar-refractivity contribution >= 4 is 17.4 Å². The van der Waals surface area contributed by atoms with Gasteiger partial charge in [0.2, 0.25) is 5.91 Å².